The molecule has 136 valence electrons. The van der Waals surface area contributed by atoms with Crippen LogP contribution in [-0.4, -0.2) is 25.8 Å². The summed E-state index contributed by atoms with van der Waals surface area (Å²) in [5, 5.41) is 4.34. The number of hydrogen-bond donors (Lipinski definition) is 1. The third kappa shape index (κ3) is 2.62. The fourth-order valence-electron chi connectivity index (χ4n) is 3.09. The van der Waals surface area contributed by atoms with Crippen molar-refractivity contribution in [3.8, 4) is 11.4 Å². The van der Waals surface area contributed by atoms with Gasteiger partial charge in [-0.3, -0.25) is 9.88 Å². The van der Waals surface area contributed by atoms with Gasteiger partial charge in [0.25, 0.3) is 0 Å². The Morgan fingerprint density at radius 2 is 1.61 bits per heavy atom. The molecule has 0 saturated heterocycles. The maximum absolute atomic E-state index is 13.5. The van der Waals surface area contributed by atoms with Crippen LogP contribution in [-0.2, 0) is 0 Å². The smallest absolute Gasteiger partial charge is 0.357 e. The van der Waals surface area contributed by atoms with E-state index in [0.717, 1.165) is 25.8 Å². The zero-order valence-corrected chi connectivity index (χ0v) is 15.4. The van der Waals surface area contributed by atoms with Crippen molar-refractivity contribution in [3.63, 3.8) is 0 Å². The van der Waals surface area contributed by atoms with Gasteiger partial charge in [0.05, 0.1) is 11.4 Å². The number of amides is 1. The van der Waals surface area contributed by atoms with Gasteiger partial charge in [0.15, 0.2) is 5.82 Å². The molecular weight excluding hydrogens is 372 g/mol. The second-order valence-corrected chi connectivity index (χ2v) is 7.19. The molecule has 0 saturated carbocycles. The molecule has 0 atom stereocenters. The van der Waals surface area contributed by atoms with Gasteiger partial charge in [-0.15, -0.1) is 9.78 Å². The van der Waals surface area contributed by atoms with Gasteiger partial charge in [-0.1, -0.05) is 36.0 Å². The third-order valence-electron chi connectivity index (χ3n) is 4.36. The van der Waals surface area contributed by atoms with Gasteiger partial charge in [-0.05, 0) is 36.4 Å². The Hall–Kier alpha value is -3.65. The Kier molecular flexibility index (Phi) is 3.84. The number of hydrogen-bond acceptors (Lipinski definition) is 6. The highest BCUT2D eigenvalue weighted by Gasteiger charge is 2.30. The molecule has 8 heteroatoms. The number of anilines is 3. The number of carbonyl (C=O) groups is 1. The van der Waals surface area contributed by atoms with E-state index < -0.39 is 0 Å². The summed E-state index contributed by atoms with van der Waals surface area (Å²) < 4.78 is 1.13. The van der Waals surface area contributed by atoms with Crippen LogP contribution in [0.2, 0.25) is 0 Å². The molecule has 28 heavy (non-hydrogen) atoms. The number of nitrogen functional groups attached to an aromatic ring is 1. The molecule has 5 rings (SSSR count). The largest absolute Gasteiger partial charge is 0.368 e. The summed E-state index contributed by atoms with van der Waals surface area (Å²) in [6, 6.07) is 18.7. The van der Waals surface area contributed by atoms with Crippen molar-refractivity contribution in [1.82, 2.24) is 19.7 Å². The number of carbonyl (C=O) groups excluding carboxylic acids is 1. The summed E-state index contributed by atoms with van der Waals surface area (Å²) in [6.45, 7) is 0. The predicted molar refractivity (Wildman–Crippen MR) is 108 cm³/mol. The standard InChI is InChI=1S/C20H14N6OS/c21-19-23-18(13-6-5-11-22-12-13)24-26(19)20(27)25-14-7-1-3-9-16(14)28-17-10-4-2-8-15(17)25/h1-12H,(H2,21,23,24). The number of pyridine rings is 1. The van der Waals surface area contributed by atoms with E-state index in [0.29, 0.717) is 11.4 Å². The van der Waals surface area contributed by atoms with Gasteiger partial charge in [0.2, 0.25) is 5.95 Å². The minimum Gasteiger partial charge on any atom is -0.368 e. The van der Waals surface area contributed by atoms with Crippen molar-refractivity contribution in [1.29, 1.82) is 0 Å². The monoisotopic (exact) mass is 386 g/mol. The lowest BCUT2D eigenvalue weighted by Crippen LogP contribution is -2.34. The van der Waals surface area contributed by atoms with E-state index in [2.05, 4.69) is 15.1 Å². The number of benzene rings is 2. The van der Waals surface area contributed by atoms with E-state index in [-0.39, 0.29) is 12.0 Å². The molecule has 1 aliphatic rings. The number of nitrogens with zero attached hydrogens (tertiary/aromatic N) is 5. The highest BCUT2D eigenvalue weighted by atomic mass is 32.2. The first kappa shape index (κ1) is 16.5. The number of aromatic nitrogens is 4. The van der Waals surface area contributed by atoms with Gasteiger partial charge in [-0.2, -0.15) is 4.98 Å². The molecule has 2 N–H and O–H groups in total. The number of para-hydroxylation sites is 2. The zero-order valence-electron chi connectivity index (χ0n) is 14.6. The predicted octanol–water partition coefficient (Wildman–Crippen LogP) is 4.19. The Balaban J connectivity index is 1.63. The van der Waals surface area contributed by atoms with Crippen molar-refractivity contribution in [3.05, 3.63) is 73.1 Å². The van der Waals surface area contributed by atoms with Gasteiger partial charge in [-0.25, -0.2) is 4.79 Å². The van der Waals surface area contributed by atoms with Crippen LogP contribution in [0.25, 0.3) is 11.4 Å². The lowest BCUT2D eigenvalue weighted by molar-refractivity contribution is 0.247. The fraction of sp³-hybridized carbons (Fsp3) is 0. The first-order chi connectivity index (χ1) is 13.7. The van der Waals surface area contributed by atoms with E-state index in [1.54, 1.807) is 35.1 Å². The molecule has 0 bridgehead atoms. The van der Waals surface area contributed by atoms with Crippen molar-refractivity contribution in [2.75, 3.05) is 10.6 Å². The van der Waals surface area contributed by atoms with Crippen LogP contribution in [0.3, 0.4) is 0 Å². The molecule has 1 aliphatic heterocycles. The summed E-state index contributed by atoms with van der Waals surface area (Å²) in [5.41, 5.74) is 8.31. The van der Waals surface area contributed by atoms with Crippen molar-refractivity contribution < 1.29 is 4.79 Å². The van der Waals surface area contributed by atoms with Crippen LogP contribution < -0.4 is 10.6 Å². The molecule has 2 aromatic heterocycles. The van der Waals surface area contributed by atoms with Crippen LogP contribution >= 0.6 is 11.8 Å². The third-order valence-corrected chi connectivity index (χ3v) is 5.49. The van der Waals surface area contributed by atoms with E-state index in [4.69, 9.17) is 5.73 Å². The highest BCUT2D eigenvalue weighted by molar-refractivity contribution is 7.99. The second kappa shape index (κ2) is 6.50. The van der Waals surface area contributed by atoms with E-state index in [1.165, 1.54) is 0 Å². The van der Waals surface area contributed by atoms with Crippen LogP contribution in [0.1, 0.15) is 0 Å². The minimum absolute atomic E-state index is 0.0250. The van der Waals surface area contributed by atoms with Crippen LogP contribution in [0.15, 0.2) is 82.8 Å². The minimum atomic E-state index is -0.389. The number of fused-ring (bicyclic) bond motifs is 2. The van der Waals surface area contributed by atoms with E-state index >= 15 is 0 Å². The second-order valence-electron chi connectivity index (χ2n) is 6.10. The first-order valence-corrected chi connectivity index (χ1v) is 9.37. The Bertz CT molecular complexity index is 1140. The number of nitrogens with two attached hydrogens (primary N) is 1. The molecule has 1 amide bonds. The molecule has 7 nitrogen and oxygen atoms in total. The Morgan fingerprint density at radius 1 is 0.929 bits per heavy atom. The zero-order chi connectivity index (χ0) is 19.1. The molecule has 0 spiro atoms. The quantitative estimate of drug-likeness (QED) is 0.527. The fourth-order valence-corrected chi connectivity index (χ4v) is 4.15. The molecule has 0 fully saturated rings. The Labute approximate surface area is 164 Å². The highest BCUT2D eigenvalue weighted by Crippen LogP contribution is 2.48. The van der Waals surface area contributed by atoms with Gasteiger partial charge in [0, 0.05) is 27.7 Å². The van der Waals surface area contributed by atoms with Crippen LogP contribution in [0.5, 0.6) is 0 Å². The maximum Gasteiger partial charge on any atom is 0.357 e. The maximum atomic E-state index is 13.5. The molecule has 0 radical (unpaired) electrons. The summed E-state index contributed by atoms with van der Waals surface area (Å²) in [5.74, 6) is 0.379. The lowest BCUT2D eigenvalue weighted by Gasteiger charge is -2.30. The first-order valence-electron chi connectivity index (χ1n) is 8.56. The normalized spacial score (nSPS) is 12.4. The molecule has 0 unspecified atom stereocenters. The van der Waals surface area contributed by atoms with Crippen molar-refractivity contribution >= 4 is 35.1 Å². The van der Waals surface area contributed by atoms with Gasteiger partial charge in [0.1, 0.15) is 0 Å². The van der Waals surface area contributed by atoms with E-state index in [9.17, 15) is 4.79 Å². The molecule has 4 aromatic rings. The molecule has 0 aliphatic carbocycles. The van der Waals surface area contributed by atoms with Crippen molar-refractivity contribution in [2.24, 2.45) is 0 Å². The van der Waals surface area contributed by atoms with Gasteiger partial charge < -0.3 is 5.73 Å². The SMILES string of the molecule is Nc1nc(-c2cccnc2)nn1C(=O)N1c2ccccc2Sc2ccccc21. The number of rotatable bonds is 1. The van der Waals surface area contributed by atoms with Gasteiger partial charge >= 0.3 is 6.03 Å². The Morgan fingerprint density at radius 3 is 2.25 bits per heavy atom. The molecule has 3 heterocycles. The van der Waals surface area contributed by atoms with Crippen LogP contribution in [0, 0.1) is 0 Å². The summed E-state index contributed by atoms with van der Waals surface area (Å²) in [7, 11) is 0. The lowest BCUT2D eigenvalue weighted by atomic mass is 10.2. The summed E-state index contributed by atoms with van der Waals surface area (Å²) in [6.07, 6.45) is 3.29. The van der Waals surface area contributed by atoms with E-state index in [1.807, 2.05) is 54.6 Å². The molecule has 2 aromatic carbocycles. The van der Waals surface area contributed by atoms with Crippen molar-refractivity contribution in [2.45, 2.75) is 9.79 Å². The summed E-state index contributed by atoms with van der Waals surface area (Å²) >= 11 is 1.63. The summed E-state index contributed by atoms with van der Waals surface area (Å²) in [4.78, 5) is 25.4. The molecular formula is C20H14N6OS. The topological polar surface area (TPSA) is 89.9 Å². The van der Waals surface area contributed by atoms with Crippen LogP contribution in [0.4, 0.5) is 22.1 Å². The average Bonchev–Trinajstić information content (AvgIpc) is 3.14. The average molecular weight is 386 g/mol.